The van der Waals surface area contributed by atoms with E-state index in [-0.39, 0.29) is 40.4 Å². The van der Waals surface area contributed by atoms with Crippen LogP contribution in [-0.4, -0.2) is 118 Å². The Morgan fingerprint density at radius 3 is 1.81 bits per heavy atom. The van der Waals surface area contributed by atoms with Crippen molar-refractivity contribution in [3.63, 3.8) is 0 Å². The highest BCUT2D eigenvalue weighted by Crippen LogP contribution is 2.49. The van der Waals surface area contributed by atoms with Crippen molar-refractivity contribution in [2.45, 2.75) is 246 Å². The minimum atomic E-state index is -3.41. The van der Waals surface area contributed by atoms with E-state index in [1.54, 1.807) is 20.3 Å². The molecule has 1 unspecified atom stereocenters. The van der Waals surface area contributed by atoms with E-state index in [4.69, 9.17) is 41.7 Å². The molecular formula is C71H109NO13Si3. The number of aliphatic hydroxyl groups excluding tert-OH is 1. The van der Waals surface area contributed by atoms with Crippen LogP contribution in [0.2, 0.25) is 39.8 Å². The van der Waals surface area contributed by atoms with Gasteiger partial charge in [-0.2, -0.15) is 0 Å². The molecule has 88 heavy (non-hydrogen) atoms. The highest BCUT2D eigenvalue weighted by atomic mass is 28.4. The van der Waals surface area contributed by atoms with Crippen LogP contribution in [0.3, 0.4) is 0 Å². The fourth-order valence-electron chi connectivity index (χ4n) is 13.5. The second kappa shape index (κ2) is 29.8. The van der Waals surface area contributed by atoms with Gasteiger partial charge in [0.15, 0.2) is 20.6 Å². The number of benzene rings is 4. The van der Waals surface area contributed by atoms with E-state index in [1.165, 1.54) is 6.92 Å². The van der Waals surface area contributed by atoms with E-state index in [0.29, 0.717) is 54.2 Å². The van der Waals surface area contributed by atoms with Crippen molar-refractivity contribution in [3.05, 3.63) is 119 Å². The van der Waals surface area contributed by atoms with E-state index < -0.39 is 108 Å². The zero-order chi connectivity index (χ0) is 65.5. The van der Waals surface area contributed by atoms with Gasteiger partial charge in [-0.25, -0.2) is 4.79 Å². The van der Waals surface area contributed by atoms with Gasteiger partial charge >= 0.3 is 11.9 Å². The van der Waals surface area contributed by atoms with Gasteiger partial charge in [-0.05, 0) is 86.1 Å². The normalized spacial score (nSPS) is 20.6. The van der Waals surface area contributed by atoms with Crippen LogP contribution in [0.15, 0.2) is 97.1 Å². The Morgan fingerprint density at radius 2 is 1.32 bits per heavy atom. The Bertz CT molecular complexity index is 2850. The molecule has 0 spiro atoms. The van der Waals surface area contributed by atoms with Crippen LogP contribution >= 0.6 is 0 Å². The fourth-order valence-corrected chi connectivity index (χ4v) is 24.8. The third-order valence-corrected chi connectivity index (χ3v) is 35.2. The maximum Gasteiger partial charge on any atom is 0.342 e. The number of ether oxygens (including phenoxy) is 6. The number of methoxy groups -OCH3 is 2. The van der Waals surface area contributed by atoms with Gasteiger partial charge in [0.25, 0.3) is 22.5 Å². The average molecular weight is 1270 g/mol. The molecule has 4 aromatic carbocycles. The first kappa shape index (κ1) is 72.5. The Balaban J connectivity index is 1.37. The summed E-state index contributed by atoms with van der Waals surface area (Å²) in [6.45, 7) is 43.1. The first-order chi connectivity index (χ1) is 41.1. The van der Waals surface area contributed by atoms with E-state index in [1.807, 2.05) is 80.6 Å². The summed E-state index contributed by atoms with van der Waals surface area (Å²) in [4.78, 5) is 43.2. The number of rotatable bonds is 28. The van der Waals surface area contributed by atoms with Crippen LogP contribution in [0.1, 0.15) is 164 Å². The zero-order valence-corrected chi connectivity index (χ0v) is 60.3. The van der Waals surface area contributed by atoms with Gasteiger partial charge in [-0.1, -0.05) is 202 Å². The van der Waals surface area contributed by atoms with Crippen LogP contribution in [0.4, 0.5) is 0 Å². The molecule has 10 atom stereocenters. The predicted molar refractivity (Wildman–Crippen MR) is 358 cm³/mol. The molecule has 0 aliphatic carbocycles. The number of hydrogen-bond acceptors (Lipinski definition) is 13. The highest BCUT2D eigenvalue weighted by Gasteiger charge is 2.56. The first-order valence-electron chi connectivity index (χ1n) is 32.1. The van der Waals surface area contributed by atoms with Crippen molar-refractivity contribution in [1.82, 2.24) is 5.32 Å². The third kappa shape index (κ3) is 16.2. The Kier molecular flexibility index (Phi) is 24.6. The summed E-state index contributed by atoms with van der Waals surface area (Å²) in [5.74, 6) is -1.39. The molecule has 488 valence electrons. The molecule has 1 fully saturated rings. The van der Waals surface area contributed by atoms with Crippen molar-refractivity contribution >= 4 is 53.2 Å². The number of hydrogen-bond donors (Lipinski definition) is 2. The van der Waals surface area contributed by atoms with Crippen LogP contribution in [0.25, 0.3) is 0 Å². The van der Waals surface area contributed by atoms with Crippen LogP contribution in [0.5, 0.6) is 11.5 Å². The van der Waals surface area contributed by atoms with Crippen molar-refractivity contribution in [2.24, 2.45) is 17.3 Å². The minimum Gasteiger partial charge on any atom is -0.542 e. The molecule has 0 bridgehead atoms. The molecule has 6 rings (SSSR count). The monoisotopic (exact) mass is 1270 g/mol. The molecule has 1 saturated heterocycles. The van der Waals surface area contributed by atoms with E-state index in [2.05, 4.69) is 147 Å². The van der Waals surface area contributed by atoms with Gasteiger partial charge in [0.2, 0.25) is 0 Å². The quantitative estimate of drug-likeness (QED) is 0.0239. The molecule has 2 aliphatic heterocycles. The average Bonchev–Trinajstić information content (AvgIpc) is 1.56. The van der Waals surface area contributed by atoms with Gasteiger partial charge in [-0.3, -0.25) is 9.59 Å². The number of carbonyl (C=O) groups is 3. The molecule has 14 nitrogen and oxygen atoms in total. The molecular weight excluding hydrogens is 1160 g/mol. The lowest BCUT2D eigenvalue weighted by atomic mass is 9.73. The summed E-state index contributed by atoms with van der Waals surface area (Å²) in [5.41, 5.74) is 2.63. The van der Waals surface area contributed by atoms with Crippen molar-refractivity contribution < 1.29 is 61.2 Å². The lowest BCUT2D eigenvalue weighted by Crippen LogP contribution is -2.70. The van der Waals surface area contributed by atoms with Gasteiger partial charge in [-0.15, -0.1) is 0 Å². The van der Waals surface area contributed by atoms with Crippen LogP contribution in [0, 0.1) is 24.2 Å². The van der Waals surface area contributed by atoms with Gasteiger partial charge in [0.05, 0.1) is 31.0 Å². The molecule has 0 aromatic heterocycles. The Hall–Kier alpha value is -4.54. The molecule has 2 heterocycles. The second-order valence-electron chi connectivity index (χ2n) is 29.2. The number of fused-ring (bicyclic) bond motifs is 1. The predicted octanol–water partition coefficient (Wildman–Crippen LogP) is 13.8. The van der Waals surface area contributed by atoms with Gasteiger partial charge in [0, 0.05) is 64.4 Å². The molecule has 1 amide bonds. The summed E-state index contributed by atoms with van der Waals surface area (Å²) in [6, 6.07) is 32.3. The molecule has 4 aromatic rings. The molecule has 2 aliphatic rings. The minimum absolute atomic E-state index is 0.0387. The zero-order valence-electron chi connectivity index (χ0n) is 57.3. The summed E-state index contributed by atoms with van der Waals surface area (Å²) in [6.07, 6.45) is -5.31. The molecule has 2 N–H and O–H groups in total. The summed E-state index contributed by atoms with van der Waals surface area (Å²) in [7, 11) is -5.31. The van der Waals surface area contributed by atoms with Gasteiger partial charge < -0.3 is 52.1 Å². The van der Waals surface area contributed by atoms with Gasteiger partial charge in [0.1, 0.15) is 29.3 Å². The SMILES string of the molecule is CO[C@@H](CC(C)COCc1ccccc1)[C@H](O[Si](c1ccccc1)(c1ccccc1)C(C)(C)C)C(=O)N[C@@H](OC)[C@@H]1C[C@@H](O[Si](C)(C)C(C)(C)C)C(C)(C)[C@@H](C[C@H](O)[C@@H](C)[C@H]2Cc3c(C)c(OC(C)=O)cc(O[Si](C(C)C)(C(C)C)C(C)C)c3C(=O)O2)O1. The molecule has 17 heteroatoms. The van der Waals surface area contributed by atoms with Crippen molar-refractivity contribution in [1.29, 1.82) is 0 Å². The summed E-state index contributed by atoms with van der Waals surface area (Å²) in [5, 5.41) is 17.4. The molecule has 0 radical (unpaired) electrons. The van der Waals surface area contributed by atoms with Crippen LogP contribution in [-0.2, 0) is 55.2 Å². The largest absolute Gasteiger partial charge is 0.542 e. The Labute approximate surface area is 531 Å². The topological polar surface area (TPSA) is 167 Å². The number of esters is 2. The smallest absolute Gasteiger partial charge is 0.342 e. The van der Waals surface area contributed by atoms with E-state index in [0.717, 1.165) is 15.9 Å². The summed E-state index contributed by atoms with van der Waals surface area (Å²) >= 11 is 0. The Morgan fingerprint density at radius 1 is 0.773 bits per heavy atom. The maximum atomic E-state index is 15.9. The van der Waals surface area contributed by atoms with Crippen molar-refractivity contribution in [3.8, 4) is 11.5 Å². The van der Waals surface area contributed by atoms with Crippen molar-refractivity contribution in [2.75, 3.05) is 20.8 Å². The second-order valence-corrected chi connectivity index (χ2v) is 43.6. The van der Waals surface area contributed by atoms with E-state index in [9.17, 15) is 14.7 Å². The standard InChI is InChI=1S/C71H109NO13Si3/c1-45(2)87(46(3)4,47(5)6)83-59-41-58(80-51(10)73)49(8)55-39-57(82-68(76)64(55)59)50(9)56(74)40-62-71(17,18)63(84-86(21,22)69(11,12)13)42-61(81-62)67(78-20)72-66(75)65(60(77-19)38-48(7)43-79-44-52-32-26-23-27-33-52)85-88(70(14,15)16,53-34-28-24-29-35-53)54-36-30-25-31-37-54/h23-37,41,45-48,50,56-57,60-63,65,67,74H,38-40,42-44H2,1-22H3,(H,72,75)/t48?,50-,56+,57-,60+,61+,62-,63-,65+,67+/m1/s1. The summed E-state index contributed by atoms with van der Waals surface area (Å²) < 4.78 is 61.0. The highest BCUT2D eigenvalue weighted by molar-refractivity contribution is 6.99. The van der Waals surface area contributed by atoms with Crippen LogP contribution < -0.4 is 24.9 Å². The number of aliphatic hydroxyl groups is 1. The fraction of sp³-hybridized carbons (Fsp3) is 0.620. The lowest BCUT2D eigenvalue weighted by molar-refractivity contribution is -0.214. The third-order valence-electron chi connectivity index (χ3n) is 19.7. The van der Waals surface area contributed by atoms with E-state index >= 15 is 4.79 Å². The number of carbonyl (C=O) groups excluding carboxylic acids is 3. The lowest BCUT2D eigenvalue weighted by Gasteiger charge is -2.53. The maximum absolute atomic E-state index is 15.9. The first-order valence-corrected chi connectivity index (χ1v) is 39.1. The number of amides is 1. The number of cyclic esters (lactones) is 1. The molecule has 0 saturated carbocycles. The number of nitrogens with one attached hydrogen (secondary N) is 1.